The highest BCUT2D eigenvalue weighted by molar-refractivity contribution is 8.93. The van der Waals surface area contributed by atoms with Crippen LogP contribution in [0.1, 0.15) is 149 Å². The second-order valence-corrected chi connectivity index (χ2v) is 9.23. The van der Waals surface area contributed by atoms with Crippen LogP contribution >= 0.6 is 17.0 Å². The molecule has 0 radical (unpaired) electrons. The first-order chi connectivity index (χ1) is 14.3. The van der Waals surface area contributed by atoms with Crippen LogP contribution in [-0.4, -0.2) is 24.5 Å². The number of halogens is 1. The molecule has 1 nitrogen and oxygen atoms in total. The Hall–Kier alpha value is 0.180. The summed E-state index contributed by atoms with van der Waals surface area (Å²) >= 11 is 0. The molecule has 0 rings (SSSR count). The van der Waals surface area contributed by atoms with E-state index >= 15 is 0 Å². The van der Waals surface area contributed by atoms with Crippen molar-refractivity contribution in [1.82, 2.24) is 4.90 Å². The van der Waals surface area contributed by atoms with Gasteiger partial charge in [-0.1, -0.05) is 142 Å². The molecule has 0 aliphatic carbocycles. The van der Waals surface area contributed by atoms with Gasteiger partial charge < -0.3 is 0 Å². The lowest BCUT2D eigenvalue weighted by molar-refractivity contribution is 0.285. The SMILES string of the molecule is Br.CC=CCN(CCCCCCCCCCCC)CCCCCCCCCCCC. The van der Waals surface area contributed by atoms with Crippen LogP contribution in [0.2, 0.25) is 0 Å². The number of hydrogen-bond acceptors (Lipinski definition) is 1. The first kappa shape index (κ1) is 32.4. The van der Waals surface area contributed by atoms with Gasteiger partial charge in [0.05, 0.1) is 0 Å². The molecule has 182 valence electrons. The lowest BCUT2D eigenvalue weighted by Crippen LogP contribution is -2.26. The fraction of sp³-hybridized carbons (Fsp3) is 0.929. The maximum Gasteiger partial charge on any atom is 0.0163 e. The zero-order chi connectivity index (χ0) is 21.3. The summed E-state index contributed by atoms with van der Waals surface area (Å²) in [5.74, 6) is 0. The van der Waals surface area contributed by atoms with Gasteiger partial charge in [0.25, 0.3) is 0 Å². The zero-order valence-electron chi connectivity index (χ0n) is 21.3. The second-order valence-electron chi connectivity index (χ2n) is 9.23. The Balaban J connectivity index is 0. The highest BCUT2D eigenvalue weighted by Gasteiger charge is 2.03. The van der Waals surface area contributed by atoms with Crippen LogP contribution in [0, 0.1) is 0 Å². The summed E-state index contributed by atoms with van der Waals surface area (Å²) in [6.07, 6.45) is 33.3. The van der Waals surface area contributed by atoms with E-state index in [0.29, 0.717) is 0 Å². The van der Waals surface area contributed by atoms with Crippen LogP contribution in [0.3, 0.4) is 0 Å². The molecule has 0 aliphatic heterocycles. The van der Waals surface area contributed by atoms with Gasteiger partial charge in [0.1, 0.15) is 0 Å². The summed E-state index contributed by atoms with van der Waals surface area (Å²) in [5, 5.41) is 0. The molecule has 0 aromatic carbocycles. The van der Waals surface area contributed by atoms with Crippen molar-refractivity contribution in [2.75, 3.05) is 19.6 Å². The Kier molecular flexibility index (Phi) is 31.5. The number of hydrogen-bond donors (Lipinski definition) is 0. The Bertz CT molecular complexity index is 292. The highest BCUT2D eigenvalue weighted by atomic mass is 79.9. The smallest absolute Gasteiger partial charge is 0.0163 e. The summed E-state index contributed by atoms with van der Waals surface area (Å²) in [6, 6.07) is 0. The molecular formula is C28H58BrN. The van der Waals surface area contributed by atoms with Gasteiger partial charge in [-0.2, -0.15) is 0 Å². The predicted molar refractivity (Wildman–Crippen MR) is 145 cm³/mol. The van der Waals surface area contributed by atoms with Crippen LogP contribution < -0.4 is 0 Å². The fourth-order valence-corrected chi connectivity index (χ4v) is 4.19. The zero-order valence-corrected chi connectivity index (χ0v) is 23.0. The molecule has 0 atom stereocenters. The highest BCUT2D eigenvalue weighted by Crippen LogP contribution is 2.13. The van der Waals surface area contributed by atoms with Gasteiger partial charge in [-0.25, -0.2) is 0 Å². The molecule has 0 saturated carbocycles. The third-order valence-electron chi connectivity index (χ3n) is 6.26. The van der Waals surface area contributed by atoms with E-state index in [1.165, 1.54) is 142 Å². The molecular weight excluding hydrogens is 430 g/mol. The number of rotatable bonds is 24. The lowest BCUT2D eigenvalue weighted by atomic mass is 10.1. The molecule has 0 spiro atoms. The van der Waals surface area contributed by atoms with Crippen LogP contribution in [0.15, 0.2) is 12.2 Å². The van der Waals surface area contributed by atoms with Gasteiger partial charge in [0.2, 0.25) is 0 Å². The molecule has 0 aliphatic rings. The van der Waals surface area contributed by atoms with E-state index in [2.05, 4.69) is 37.8 Å². The number of allylic oxidation sites excluding steroid dienone is 1. The molecule has 0 heterocycles. The average Bonchev–Trinajstić information content (AvgIpc) is 2.74. The lowest BCUT2D eigenvalue weighted by Gasteiger charge is -2.20. The predicted octanol–water partition coefficient (Wildman–Crippen LogP) is 10.3. The molecule has 0 amide bonds. The van der Waals surface area contributed by atoms with E-state index in [0.717, 1.165) is 6.54 Å². The van der Waals surface area contributed by atoms with Crippen molar-refractivity contribution < 1.29 is 0 Å². The molecule has 2 heteroatoms. The summed E-state index contributed by atoms with van der Waals surface area (Å²) in [6.45, 7) is 10.5. The molecule has 0 aromatic rings. The summed E-state index contributed by atoms with van der Waals surface area (Å²) in [4.78, 5) is 2.69. The fourth-order valence-electron chi connectivity index (χ4n) is 4.19. The summed E-state index contributed by atoms with van der Waals surface area (Å²) in [7, 11) is 0. The van der Waals surface area contributed by atoms with Crippen LogP contribution in [0.4, 0.5) is 0 Å². The maximum absolute atomic E-state index is 2.69. The largest absolute Gasteiger partial charge is 0.300 e. The van der Waals surface area contributed by atoms with Gasteiger partial charge in [-0.15, -0.1) is 17.0 Å². The minimum atomic E-state index is 0. The minimum Gasteiger partial charge on any atom is -0.300 e. The molecule has 0 N–H and O–H groups in total. The normalized spacial score (nSPS) is 11.5. The van der Waals surface area contributed by atoms with Gasteiger partial charge in [-0.3, -0.25) is 4.90 Å². The molecule has 0 unspecified atom stereocenters. The number of unbranched alkanes of at least 4 members (excludes halogenated alkanes) is 18. The van der Waals surface area contributed by atoms with Crippen molar-refractivity contribution in [3.8, 4) is 0 Å². The molecule has 0 aromatic heterocycles. The topological polar surface area (TPSA) is 3.24 Å². The van der Waals surface area contributed by atoms with E-state index in [1.54, 1.807) is 0 Å². The Morgan fingerprint density at radius 1 is 0.467 bits per heavy atom. The summed E-state index contributed by atoms with van der Waals surface area (Å²) < 4.78 is 0. The van der Waals surface area contributed by atoms with Crippen molar-refractivity contribution >= 4 is 17.0 Å². The molecule has 0 saturated heterocycles. The second kappa shape index (κ2) is 29.2. The third kappa shape index (κ3) is 26.2. The summed E-state index contributed by atoms with van der Waals surface area (Å²) in [5.41, 5.74) is 0. The van der Waals surface area contributed by atoms with Crippen molar-refractivity contribution in [2.45, 2.75) is 149 Å². The molecule has 0 bridgehead atoms. The Morgan fingerprint density at radius 3 is 1.07 bits per heavy atom. The Morgan fingerprint density at radius 2 is 0.767 bits per heavy atom. The third-order valence-corrected chi connectivity index (χ3v) is 6.26. The van der Waals surface area contributed by atoms with Crippen LogP contribution in [0.25, 0.3) is 0 Å². The number of nitrogens with zero attached hydrogens (tertiary/aromatic N) is 1. The van der Waals surface area contributed by atoms with E-state index in [1.807, 2.05) is 0 Å². The van der Waals surface area contributed by atoms with Gasteiger partial charge in [0.15, 0.2) is 0 Å². The Labute approximate surface area is 202 Å². The minimum absolute atomic E-state index is 0. The van der Waals surface area contributed by atoms with Gasteiger partial charge in [-0.05, 0) is 32.9 Å². The first-order valence-electron chi connectivity index (χ1n) is 13.7. The van der Waals surface area contributed by atoms with Crippen molar-refractivity contribution in [3.63, 3.8) is 0 Å². The van der Waals surface area contributed by atoms with Crippen LogP contribution in [0.5, 0.6) is 0 Å². The quantitative estimate of drug-likeness (QED) is 0.0964. The van der Waals surface area contributed by atoms with E-state index in [4.69, 9.17) is 0 Å². The average molecular weight is 489 g/mol. The standard InChI is InChI=1S/C28H57N.BrH/c1-4-7-10-12-14-16-18-20-22-24-27-29(26-9-6-3)28-25-23-21-19-17-15-13-11-8-5-2;/h6,9H,4-5,7-8,10-28H2,1-3H3;1H. The van der Waals surface area contributed by atoms with E-state index < -0.39 is 0 Å². The van der Waals surface area contributed by atoms with Gasteiger partial charge in [0, 0.05) is 6.54 Å². The maximum atomic E-state index is 2.69. The van der Waals surface area contributed by atoms with Crippen molar-refractivity contribution in [3.05, 3.63) is 12.2 Å². The van der Waals surface area contributed by atoms with E-state index in [9.17, 15) is 0 Å². The van der Waals surface area contributed by atoms with Crippen LogP contribution in [-0.2, 0) is 0 Å². The first-order valence-corrected chi connectivity index (χ1v) is 13.7. The monoisotopic (exact) mass is 487 g/mol. The van der Waals surface area contributed by atoms with Crippen molar-refractivity contribution in [2.24, 2.45) is 0 Å². The van der Waals surface area contributed by atoms with Gasteiger partial charge >= 0.3 is 0 Å². The molecule has 30 heavy (non-hydrogen) atoms. The van der Waals surface area contributed by atoms with Crippen molar-refractivity contribution in [1.29, 1.82) is 0 Å². The molecule has 0 fully saturated rings. The van der Waals surface area contributed by atoms with E-state index in [-0.39, 0.29) is 17.0 Å².